The minimum Gasteiger partial charge on any atom is -0.496 e. The number of rotatable bonds is 5. The van der Waals surface area contributed by atoms with Crippen LogP contribution in [0.25, 0.3) is 0 Å². The lowest BCUT2D eigenvalue weighted by Crippen LogP contribution is -2.40. The summed E-state index contributed by atoms with van der Waals surface area (Å²) in [4.78, 5) is 22.8. The van der Waals surface area contributed by atoms with Gasteiger partial charge in [-0.25, -0.2) is 4.79 Å². The van der Waals surface area contributed by atoms with Crippen LogP contribution in [0, 0.1) is 0 Å². The summed E-state index contributed by atoms with van der Waals surface area (Å²) in [5.74, 6) is -1.27. The molecule has 0 radical (unpaired) electrons. The van der Waals surface area contributed by atoms with Gasteiger partial charge in [-0.2, -0.15) is 0 Å². The second kappa shape index (κ2) is 6.26. The third kappa shape index (κ3) is 3.37. The van der Waals surface area contributed by atoms with Crippen LogP contribution in [-0.4, -0.2) is 30.1 Å². The first kappa shape index (κ1) is 14.3. The lowest BCUT2D eigenvalue weighted by Gasteiger charge is -2.14. The highest BCUT2D eigenvalue weighted by molar-refractivity contribution is 6.30. The highest BCUT2D eigenvalue weighted by Crippen LogP contribution is 2.23. The minimum absolute atomic E-state index is 0.251. The Hall–Kier alpha value is -1.75. The zero-order valence-electron chi connectivity index (χ0n) is 10.1. The molecule has 0 aliphatic rings. The van der Waals surface area contributed by atoms with Crippen molar-refractivity contribution in [3.63, 3.8) is 0 Å². The molecule has 0 fully saturated rings. The number of carboxylic acids is 1. The normalized spacial score (nSPS) is 11.7. The summed E-state index contributed by atoms with van der Waals surface area (Å²) in [5, 5.41) is 11.7. The molecular weight excluding hydrogens is 258 g/mol. The maximum Gasteiger partial charge on any atom is 0.326 e. The molecule has 0 heterocycles. The van der Waals surface area contributed by atoms with Gasteiger partial charge in [0.2, 0.25) is 0 Å². The highest BCUT2D eigenvalue weighted by Gasteiger charge is 2.20. The van der Waals surface area contributed by atoms with Crippen molar-refractivity contribution in [3.05, 3.63) is 28.8 Å². The second-order valence-corrected chi connectivity index (χ2v) is 4.05. The van der Waals surface area contributed by atoms with Crippen molar-refractivity contribution < 1.29 is 19.4 Å². The Kier molecular flexibility index (Phi) is 4.97. The Labute approximate surface area is 110 Å². The number of carbonyl (C=O) groups is 2. The molecule has 1 amide bonds. The van der Waals surface area contributed by atoms with Crippen LogP contribution in [0.15, 0.2) is 18.2 Å². The number of hydrogen-bond acceptors (Lipinski definition) is 3. The van der Waals surface area contributed by atoms with Crippen LogP contribution in [-0.2, 0) is 4.79 Å². The Morgan fingerprint density at radius 2 is 2.17 bits per heavy atom. The summed E-state index contributed by atoms with van der Waals surface area (Å²) in [7, 11) is 1.41. The van der Waals surface area contributed by atoms with E-state index in [1.54, 1.807) is 13.0 Å². The minimum atomic E-state index is -1.07. The standard InChI is InChI=1S/C12H14ClNO4/c1-3-9(12(16)17)14-11(15)8-5-4-7(13)6-10(8)18-2/h4-6,9H,3H2,1-2H3,(H,14,15)(H,16,17). The number of carbonyl (C=O) groups excluding carboxylic acids is 1. The van der Waals surface area contributed by atoms with Crippen LogP contribution >= 0.6 is 11.6 Å². The average Bonchev–Trinajstić information content (AvgIpc) is 2.34. The summed E-state index contributed by atoms with van der Waals surface area (Å²) >= 11 is 5.78. The predicted molar refractivity (Wildman–Crippen MR) is 67.2 cm³/mol. The van der Waals surface area contributed by atoms with Gasteiger partial charge in [-0.05, 0) is 24.6 Å². The number of methoxy groups -OCH3 is 1. The number of carboxylic acid groups (broad SMARTS) is 1. The van der Waals surface area contributed by atoms with Crippen molar-refractivity contribution in [2.45, 2.75) is 19.4 Å². The molecule has 1 aromatic rings. The van der Waals surface area contributed by atoms with Crippen molar-refractivity contribution in [2.24, 2.45) is 0 Å². The third-order valence-electron chi connectivity index (χ3n) is 2.42. The second-order valence-electron chi connectivity index (χ2n) is 3.62. The molecule has 2 N–H and O–H groups in total. The van der Waals surface area contributed by atoms with Crippen LogP contribution in [0.2, 0.25) is 5.02 Å². The smallest absolute Gasteiger partial charge is 0.326 e. The van der Waals surface area contributed by atoms with Crippen molar-refractivity contribution in [2.75, 3.05) is 7.11 Å². The van der Waals surface area contributed by atoms with Crippen LogP contribution in [0.4, 0.5) is 0 Å². The lowest BCUT2D eigenvalue weighted by atomic mass is 10.1. The van der Waals surface area contributed by atoms with Crippen molar-refractivity contribution in [1.82, 2.24) is 5.32 Å². The van der Waals surface area contributed by atoms with E-state index in [1.807, 2.05) is 0 Å². The zero-order valence-corrected chi connectivity index (χ0v) is 10.8. The largest absolute Gasteiger partial charge is 0.496 e. The summed E-state index contributed by atoms with van der Waals surface area (Å²) in [6.45, 7) is 1.68. The Morgan fingerprint density at radius 3 is 2.67 bits per heavy atom. The van der Waals surface area contributed by atoms with E-state index in [0.29, 0.717) is 17.2 Å². The van der Waals surface area contributed by atoms with Gasteiger partial charge in [0.15, 0.2) is 0 Å². The van der Waals surface area contributed by atoms with Gasteiger partial charge >= 0.3 is 5.97 Å². The molecule has 0 saturated carbocycles. The maximum atomic E-state index is 11.9. The molecule has 5 nitrogen and oxygen atoms in total. The quantitative estimate of drug-likeness (QED) is 0.858. The lowest BCUT2D eigenvalue weighted by molar-refractivity contribution is -0.139. The van der Waals surface area contributed by atoms with Gasteiger partial charge in [0, 0.05) is 5.02 Å². The molecule has 18 heavy (non-hydrogen) atoms. The Morgan fingerprint density at radius 1 is 1.50 bits per heavy atom. The number of ether oxygens (including phenoxy) is 1. The fourth-order valence-electron chi connectivity index (χ4n) is 1.43. The van der Waals surface area contributed by atoms with E-state index < -0.39 is 17.9 Å². The number of benzene rings is 1. The van der Waals surface area contributed by atoms with Gasteiger partial charge in [0.1, 0.15) is 11.8 Å². The van der Waals surface area contributed by atoms with E-state index in [0.717, 1.165) is 0 Å². The van der Waals surface area contributed by atoms with Gasteiger partial charge in [0.25, 0.3) is 5.91 Å². The van der Waals surface area contributed by atoms with Crippen LogP contribution in [0.5, 0.6) is 5.75 Å². The van der Waals surface area contributed by atoms with Gasteiger partial charge < -0.3 is 15.2 Å². The fraction of sp³-hybridized carbons (Fsp3) is 0.333. The monoisotopic (exact) mass is 271 g/mol. The maximum absolute atomic E-state index is 11.9. The molecule has 1 rings (SSSR count). The first-order valence-electron chi connectivity index (χ1n) is 5.36. The Bertz CT molecular complexity index is 461. The fourth-order valence-corrected chi connectivity index (χ4v) is 1.59. The van der Waals surface area contributed by atoms with E-state index in [-0.39, 0.29) is 5.56 Å². The number of amides is 1. The van der Waals surface area contributed by atoms with Crippen molar-refractivity contribution in [1.29, 1.82) is 0 Å². The van der Waals surface area contributed by atoms with Crippen LogP contribution in [0.3, 0.4) is 0 Å². The van der Waals surface area contributed by atoms with E-state index in [4.69, 9.17) is 21.4 Å². The topological polar surface area (TPSA) is 75.6 Å². The summed E-state index contributed by atoms with van der Waals surface area (Å²) in [6, 6.07) is 3.61. The summed E-state index contributed by atoms with van der Waals surface area (Å²) < 4.78 is 5.03. The summed E-state index contributed by atoms with van der Waals surface area (Å²) in [6.07, 6.45) is 0.303. The number of hydrogen-bond donors (Lipinski definition) is 2. The molecular formula is C12H14ClNO4. The number of halogens is 1. The molecule has 1 atom stereocenters. The molecule has 0 spiro atoms. The van der Waals surface area contributed by atoms with E-state index in [9.17, 15) is 9.59 Å². The van der Waals surface area contributed by atoms with E-state index in [1.165, 1.54) is 19.2 Å². The molecule has 0 bridgehead atoms. The molecule has 1 aromatic carbocycles. The first-order valence-corrected chi connectivity index (χ1v) is 5.74. The third-order valence-corrected chi connectivity index (χ3v) is 2.65. The summed E-state index contributed by atoms with van der Waals surface area (Å²) in [5.41, 5.74) is 0.251. The molecule has 0 aliphatic heterocycles. The molecule has 0 saturated heterocycles. The van der Waals surface area contributed by atoms with Gasteiger partial charge in [-0.3, -0.25) is 4.79 Å². The molecule has 98 valence electrons. The molecule has 6 heteroatoms. The molecule has 1 unspecified atom stereocenters. The van der Waals surface area contributed by atoms with Crippen molar-refractivity contribution in [3.8, 4) is 5.75 Å². The first-order chi connectivity index (χ1) is 8.49. The zero-order chi connectivity index (χ0) is 13.7. The van der Waals surface area contributed by atoms with Gasteiger partial charge in [-0.15, -0.1) is 0 Å². The number of aliphatic carboxylic acids is 1. The van der Waals surface area contributed by atoms with Gasteiger partial charge in [-0.1, -0.05) is 18.5 Å². The molecule has 0 aliphatic carbocycles. The van der Waals surface area contributed by atoms with E-state index >= 15 is 0 Å². The van der Waals surface area contributed by atoms with Crippen molar-refractivity contribution >= 4 is 23.5 Å². The molecule has 0 aromatic heterocycles. The van der Waals surface area contributed by atoms with Gasteiger partial charge in [0.05, 0.1) is 12.7 Å². The van der Waals surface area contributed by atoms with Crippen LogP contribution in [0.1, 0.15) is 23.7 Å². The Balaban J connectivity index is 2.93. The highest BCUT2D eigenvalue weighted by atomic mass is 35.5. The van der Waals surface area contributed by atoms with E-state index in [2.05, 4.69) is 5.32 Å². The SMILES string of the molecule is CCC(NC(=O)c1ccc(Cl)cc1OC)C(=O)O. The average molecular weight is 272 g/mol. The predicted octanol–water partition coefficient (Wildman–Crippen LogP) is 1.94. The number of nitrogens with one attached hydrogen (secondary N) is 1. The van der Waals surface area contributed by atoms with Crippen LogP contribution < -0.4 is 10.1 Å².